The van der Waals surface area contributed by atoms with Crippen LogP contribution in [0.15, 0.2) is 77.9 Å². The molecule has 31 heavy (non-hydrogen) atoms. The first kappa shape index (κ1) is 21.5. The van der Waals surface area contributed by atoms with Gasteiger partial charge < -0.3 is 14.8 Å². The van der Waals surface area contributed by atoms with Gasteiger partial charge in [0.15, 0.2) is 18.1 Å². The highest BCUT2D eigenvalue weighted by atomic mass is 19.1. The summed E-state index contributed by atoms with van der Waals surface area (Å²) in [6.45, 7) is -0.256. The maximum atomic E-state index is 12.9. The van der Waals surface area contributed by atoms with E-state index in [1.54, 1.807) is 42.5 Å². The van der Waals surface area contributed by atoms with Crippen molar-refractivity contribution in [2.45, 2.75) is 0 Å². The molecule has 3 aromatic rings. The van der Waals surface area contributed by atoms with Crippen LogP contribution in [0.1, 0.15) is 15.9 Å². The lowest BCUT2D eigenvalue weighted by molar-refractivity contribution is -0.118. The molecule has 2 amide bonds. The van der Waals surface area contributed by atoms with Crippen LogP contribution in [0.3, 0.4) is 0 Å². The van der Waals surface area contributed by atoms with Crippen LogP contribution in [0.4, 0.5) is 10.1 Å². The number of amides is 2. The highest BCUT2D eigenvalue weighted by Crippen LogP contribution is 2.27. The number of ether oxygens (including phenoxy) is 2. The Kier molecular flexibility index (Phi) is 7.31. The van der Waals surface area contributed by atoms with E-state index in [4.69, 9.17) is 9.47 Å². The molecular formula is C23H20FN3O4. The van der Waals surface area contributed by atoms with E-state index < -0.39 is 5.91 Å². The first-order chi connectivity index (χ1) is 15.0. The molecule has 0 bridgehead atoms. The van der Waals surface area contributed by atoms with Crippen LogP contribution in [0, 0.1) is 5.82 Å². The number of hydrogen-bond acceptors (Lipinski definition) is 5. The molecule has 0 aliphatic rings. The molecule has 2 N–H and O–H groups in total. The highest BCUT2D eigenvalue weighted by molar-refractivity contribution is 5.95. The Hall–Kier alpha value is -4.20. The molecule has 158 valence electrons. The number of hydrogen-bond donors (Lipinski definition) is 2. The van der Waals surface area contributed by atoms with E-state index in [1.807, 2.05) is 6.07 Å². The van der Waals surface area contributed by atoms with Crippen molar-refractivity contribution in [1.29, 1.82) is 0 Å². The average Bonchev–Trinajstić information content (AvgIpc) is 2.80. The molecule has 0 aliphatic carbocycles. The van der Waals surface area contributed by atoms with Crippen LogP contribution < -0.4 is 20.2 Å². The molecule has 3 aromatic carbocycles. The summed E-state index contributed by atoms with van der Waals surface area (Å²) in [6, 6.07) is 19.1. The smallest absolute Gasteiger partial charge is 0.271 e. The SMILES string of the molecule is COc1cc(/C=N/NC(=O)c2ccccc2)ccc1OCC(=O)Nc1ccc(F)cc1. The molecule has 0 unspecified atom stereocenters. The fourth-order valence-corrected chi connectivity index (χ4v) is 2.58. The van der Waals surface area contributed by atoms with Gasteiger partial charge in [0.2, 0.25) is 0 Å². The maximum Gasteiger partial charge on any atom is 0.271 e. The predicted octanol–water partition coefficient (Wildman–Crippen LogP) is 3.62. The van der Waals surface area contributed by atoms with Gasteiger partial charge in [0.1, 0.15) is 5.82 Å². The molecular weight excluding hydrogens is 401 g/mol. The van der Waals surface area contributed by atoms with E-state index in [-0.39, 0.29) is 18.3 Å². The van der Waals surface area contributed by atoms with Crippen molar-refractivity contribution in [2.75, 3.05) is 19.0 Å². The third-order valence-electron chi connectivity index (χ3n) is 4.09. The highest BCUT2D eigenvalue weighted by Gasteiger charge is 2.09. The summed E-state index contributed by atoms with van der Waals surface area (Å²) in [5.74, 6) is -0.351. The quantitative estimate of drug-likeness (QED) is 0.430. The van der Waals surface area contributed by atoms with Gasteiger partial charge in [-0.15, -0.1) is 0 Å². The first-order valence-corrected chi connectivity index (χ1v) is 9.30. The second-order valence-corrected chi connectivity index (χ2v) is 6.32. The van der Waals surface area contributed by atoms with Gasteiger partial charge in [0, 0.05) is 11.3 Å². The first-order valence-electron chi connectivity index (χ1n) is 9.30. The van der Waals surface area contributed by atoms with Gasteiger partial charge >= 0.3 is 0 Å². The number of nitrogens with zero attached hydrogens (tertiary/aromatic N) is 1. The molecule has 0 saturated heterocycles. The van der Waals surface area contributed by atoms with Crippen molar-refractivity contribution in [1.82, 2.24) is 5.43 Å². The Morgan fingerprint density at radius 2 is 1.74 bits per heavy atom. The minimum absolute atomic E-state index is 0.256. The Morgan fingerprint density at radius 3 is 2.45 bits per heavy atom. The molecule has 0 saturated carbocycles. The molecule has 0 fully saturated rings. The fourth-order valence-electron chi connectivity index (χ4n) is 2.58. The minimum Gasteiger partial charge on any atom is -0.493 e. The topological polar surface area (TPSA) is 89.0 Å². The number of halogens is 1. The lowest BCUT2D eigenvalue weighted by Gasteiger charge is -2.11. The lowest BCUT2D eigenvalue weighted by Crippen LogP contribution is -2.20. The van der Waals surface area contributed by atoms with Crippen LogP contribution in [0.5, 0.6) is 11.5 Å². The van der Waals surface area contributed by atoms with Crippen molar-refractivity contribution in [3.63, 3.8) is 0 Å². The third kappa shape index (κ3) is 6.40. The van der Waals surface area contributed by atoms with E-state index in [0.29, 0.717) is 28.3 Å². The van der Waals surface area contributed by atoms with Crippen LogP contribution in [0.2, 0.25) is 0 Å². The van der Waals surface area contributed by atoms with Gasteiger partial charge in [-0.25, -0.2) is 9.82 Å². The van der Waals surface area contributed by atoms with Gasteiger partial charge in [0.05, 0.1) is 13.3 Å². The van der Waals surface area contributed by atoms with Gasteiger partial charge in [0.25, 0.3) is 11.8 Å². The minimum atomic E-state index is -0.400. The van der Waals surface area contributed by atoms with Crippen molar-refractivity contribution in [3.8, 4) is 11.5 Å². The van der Waals surface area contributed by atoms with Gasteiger partial charge in [-0.3, -0.25) is 9.59 Å². The fraction of sp³-hybridized carbons (Fsp3) is 0.0870. The lowest BCUT2D eigenvalue weighted by atomic mass is 10.2. The largest absolute Gasteiger partial charge is 0.493 e. The zero-order chi connectivity index (χ0) is 22.1. The Balaban J connectivity index is 1.56. The number of rotatable bonds is 8. The van der Waals surface area contributed by atoms with Crippen LogP contribution in [-0.4, -0.2) is 31.7 Å². The summed E-state index contributed by atoms with van der Waals surface area (Å²) in [5, 5.41) is 6.55. The molecule has 0 aliphatic heterocycles. The summed E-state index contributed by atoms with van der Waals surface area (Å²) >= 11 is 0. The van der Waals surface area contributed by atoms with Crippen molar-refractivity contribution in [2.24, 2.45) is 5.10 Å². The Bertz CT molecular complexity index is 1070. The Labute approximate surface area is 178 Å². The van der Waals surface area contributed by atoms with Gasteiger partial charge in [-0.2, -0.15) is 5.10 Å². The number of anilines is 1. The van der Waals surface area contributed by atoms with E-state index in [0.717, 1.165) is 0 Å². The van der Waals surface area contributed by atoms with E-state index >= 15 is 0 Å². The molecule has 7 nitrogen and oxygen atoms in total. The predicted molar refractivity (Wildman–Crippen MR) is 115 cm³/mol. The summed E-state index contributed by atoms with van der Waals surface area (Å²) in [4.78, 5) is 24.0. The van der Waals surface area contributed by atoms with E-state index in [1.165, 1.54) is 37.6 Å². The summed E-state index contributed by atoms with van der Waals surface area (Å²) in [6.07, 6.45) is 1.47. The normalized spacial score (nSPS) is 10.5. The molecule has 3 rings (SSSR count). The van der Waals surface area contributed by atoms with Crippen molar-refractivity contribution < 1.29 is 23.5 Å². The number of benzene rings is 3. The summed E-state index contributed by atoms with van der Waals surface area (Å²) in [5.41, 5.74) is 4.07. The number of carbonyl (C=O) groups excluding carboxylic acids is 2. The number of hydrazone groups is 1. The molecule has 0 spiro atoms. The second-order valence-electron chi connectivity index (χ2n) is 6.32. The van der Waals surface area contributed by atoms with Gasteiger partial charge in [-0.1, -0.05) is 18.2 Å². The third-order valence-corrected chi connectivity index (χ3v) is 4.09. The standard InChI is InChI=1S/C23H20FN3O4/c1-30-21-13-16(14-25-27-23(29)17-5-3-2-4-6-17)7-12-20(21)31-15-22(28)26-19-10-8-18(24)9-11-19/h2-14H,15H2,1H3,(H,26,28)(H,27,29)/b25-14+. The summed E-state index contributed by atoms with van der Waals surface area (Å²) < 4.78 is 23.7. The summed E-state index contributed by atoms with van der Waals surface area (Å²) in [7, 11) is 1.47. The number of nitrogens with one attached hydrogen (secondary N) is 2. The molecule has 0 atom stereocenters. The molecule has 0 heterocycles. The maximum absolute atomic E-state index is 12.9. The van der Waals surface area contributed by atoms with E-state index in [2.05, 4.69) is 15.8 Å². The Morgan fingerprint density at radius 1 is 1.00 bits per heavy atom. The van der Waals surface area contributed by atoms with Crippen molar-refractivity contribution in [3.05, 3.63) is 89.7 Å². The number of methoxy groups -OCH3 is 1. The van der Waals surface area contributed by atoms with Crippen LogP contribution in [0.25, 0.3) is 0 Å². The average molecular weight is 421 g/mol. The molecule has 8 heteroatoms. The van der Waals surface area contributed by atoms with Gasteiger partial charge in [-0.05, 0) is 60.2 Å². The zero-order valence-corrected chi connectivity index (χ0v) is 16.7. The monoisotopic (exact) mass is 421 g/mol. The number of carbonyl (C=O) groups is 2. The van der Waals surface area contributed by atoms with E-state index in [9.17, 15) is 14.0 Å². The molecule has 0 radical (unpaired) electrons. The van der Waals surface area contributed by atoms with Crippen LogP contribution in [-0.2, 0) is 4.79 Å². The van der Waals surface area contributed by atoms with Crippen molar-refractivity contribution >= 4 is 23.7 Å². The zero-order valence-electron chi connectivity index (χ0n) is 16.7. The second kappa shape index (κ2) is 10.5. The van der Waals surface area contributed by atoms with Crippen LogP contribution >= 0.6 is 0 Å². The molecule has 0 aromatic heterocycles.